The van der Waals surface area contributed by atoms with Crippen molar-refractivity contribution >= 4 is 34.2 Å². The van der Waals surface area contributed by atoms with E-state index < -0.39 is 5.82 Å². The molecular weight excluding hydrogens is 431 g/mol. The first-order valence-electron chi connectivity index (χ1n) is 10.6. The van der Waals surface area contributed by atoms with Crippen molar-refractivity contribution in [3.8, 4) is 11.8 Å². The van der Waals surface area contributed by atoms with Crippen LogP contribution in [0.3, 0.4) is 0 Å². The maximum absolute atomic E-state index is 14.1. The number of imidazole rings is 1. The summed E-state index contributed by atoms with van der Waals surface area (Å²) in [7, 11) is 0. The van der Waals surface area contributed by atoms with Crippen molar-refractivity contribution in [1.29, 1.82) is 0 Å². The molecule has 0 radical (unpaired) electrons. The summed E-state index contributed by atoms with van der Waals surface area (Å²) in [4.78, 5) is 11.7. The van der Waals surface area contributed by atoms with Crippen LogP contribution in [0.2, 0.25) is 5.02 Å². The molecule has 0 unspecified atom stereocenters. The van der Waals surface area contributed by atoms with Crippen LogP contribution in [-0.2, 0) is 4.74 Å². The third-order valence-corrected chi connectivity index (χ3v) is 6.81. The van der Waals surface area contributed by atoms with E-state index in [2.05, 4.69) is 31.9 Å². The first-order chi connectivity index (χ1) is 15.6. The summed E-state index contributed by atoms with van der Waals surface area (Å²) in [5.74, 6) is 6.18. The molecule has 0 bridgehead atoms. The molecule has 1 spiro atoms. The Morgan fingerprint density at radius 3 is 2.84 bits per heavy atom. The van der Waals surface area contributed by atoms with Gasteiger partial charge in [-0.2, -0.15) is 10.1 Å². The second-order valence-electron chi connectivity index (χ2n) is 8.49. The number of ether oxygens (including phenoxy) is 1. The number of H-pyrrole nitrogens is 1. The van der Waals surface area contributed by atoms with Crippen molar-refractivity contribution in [2.45, 2.75) is 19.3 Å². The SMILES string of the molecule is Fc1cc(Cl)ccc1C#Cc1n[nH]c2nc(N3CCC4(CCOC4)CC3)n3ccnc3c12. The molecule has 2 saturated heterocycles. The molecule has 0 atom stereocenters. The molecule has 5 heterocycles. The number of hydrogen-bond acceptors (Lipinski definition) is 5. The fraction of sp³-hybridized carbons (Fsp3) is 0.348. The van der Waals surface area contributed by atoms with Gasteiger partial charge in [0.15, 0.2) is 11.3 Å². The monoisotopic (exact) mass is 450 g/mol. The Bertz CT molecular complexity index is 1380. The average Bonchev–Trinajstić information content (AvgIpc) is 3.53. The van der Waals surface area contributed by atoms with Crippen molar-refractivity contribution in [3.05, 3.63) is 52.7 Å². The number of rotatable bonds is 1. The molecular formula is C23H20ClFN6O. The van der Waals surface area contributed by atoms with E-state index in [1.54, 1.807) is 18.3 Å². The van der Waals surface area contributed by atoms with Crippen LogP contribution < -0.4 is 4.90 Å². The lowest BCUT2D eigenvalue weighted by Gasteiger charge is -2.38. The quantitative estimate of drug-likeness (QED) is 0.446. The Kier molecular flexibility index (Phi) is 4.56. The van der Waals surface area contributed by atoms with E-state index in [4.69, 9.17) is 21.3 Å². The number of aromatic nitrogens is 5. The van der Waals surface area contributed by atoms with Gasteiger partial charge in [-0.05, 0) is 48.8 Å². The van der Waals surface area contributed by atoms with Gasteiger partial charge in [0.05, 0.1) is 17.6 Å². The van der Waals surface area contributed by atoms with Gasteiger partial charge in [0.25, 0.3) is 0 Å². The number of halogens is 2. The zero-order valence-electron chi connectivity index (χ0n) is 17.2. The molecule has 162 valence electrons. The minimum Gasteiger partial charge on any atom is -0.381 e. The van der Waals surface area contributed by atoms with Crippen LogP contribution >= 0.6 is 11.6 Å². The predicted molar refractivity (Wildman–Crippen MR) is 119 cm³/mol. The molecule has 2 fully saturated rings. The van der Waals surface area contributed by atoms with Gasteiger partial charge in [-0.1, -0.05) is 17.5 Å². The van der Waals surface area contributed by atoms with Crippen LogP contribution in [0, 0.1) is 23.1 Å². The second-order valence-corrected chi connectivity index (χ2v) is 8.93. The summed E-state index contributed by atoms with van der Waals surface area (Å²) in [6.45, 7) is 3.58. The van der Waals surface area contributed by atoms with Crippen LogP contribution in [0.5, 0.6) is 0 Å². The highest BCUT2D eigenvalue weighted by Gasteiger charge is 2.38. The highest BCUT2D eigenvalue weighted by Crippen LogP contribution is 2.40. The van der Waals surface area contributed by atoms with Crippen molar-refractivity contribution in [1.82, 2.24) is 24.6 Å². The fourth-order valence-corrected chi connectivity index (χ4v) is 4.84. The lowest BCUT2D eigenvalue weighted by atomic mass is 9.78. The maximum atomic E-state index is 14.1. The first kappa shape index (κ1) is 19.5. The number of hydrogen-bond donors (Lipinski definition) is 1. The molecule has 4 aromatic rings. The molecule has 2 aliphatic heterocycles. The first-order valence-corrected chi connectivity index (χ1v) is 11.0. The van der Waals surface area contributed by atoms with Crippen molar-refractivity contribution in [3.63, 3.8) is 0 Å². The molecule has 1 aromatic carbocycles. The van der Waals surface area contributed by atoms with E-state index in [1.807, 2.05) is 10.6 Å². The van der Waals surface area contributed by atoms with E-state index in [1.165, 1.54) is 6.07 Å². The van der Waals surface area contributed by atoms with Crippen molar-refractivity contribution < 1.29 is 9.13 Å². The number of nitrogens with zero attached hydrogens (tertiary/aromatic N) is 5. The predicted octanol–water partition coefficient (Wildman–Crippen LogP) is 3.80. The van der Waals surface area contributed by atoms with Crippen LogP contribution in [0.25, 0.3) is 16.7 Å². The smallest absolute Gasteiger partial charge is 0.213 e. The van der Waals surface area contributed by atoms with Gasteiger partial charge < -0.3 is 9.64 Å². The second kappa shape index (κ2) is 7.47. The number of aromatic amines is 1. The Labute approximate surface area is 188 Å². The zero-order valence-corrected chi connectivity index (χ0v) is 18.0. The van der Waals surface area contributed by atoms with E-state index in [0.29, 0.717) is 21.8 Å². The Balaban J connectivity index is 1.37. The minimum atomic E-state index is -0.466. The molecule has 32 heavy (non-hydrogen) atoms. The summed E-state index contributed by atoms with van der Waals surface area (Å²) >= 11 is 5.83. The molecule has 0 saturated carbocycles. The fourth-order valence-electron chi connectivity index (χ4n) is 4.68. The number of benzene rings is 1. The molecule has 2 aliphatic rings. The largest absolute Gasteiger partial charge is 0.381 e. The number of nitrogens with one attached hydrogen (secondary N) is 1. The van der Waals surface area contributed by atoms with Gasteiger partial charge in [0.2, 0.25) is 5.95 Å². The lowest BCUT2D eigenvalue weighted by Crippen LogP contribution is -2.41. The molecule has 7 nitrogen and oxygen atoms in total. The van der Waals surface area contributed by atoms with Crippen LogP contribution in [-0.4, -0.2) is 50.9 Å². The van der Waals surface area contributed by atoms with Crippen LogP contribution in [0.4, 0.5) is 10.3 Å². The molecule has 3 aromatic heterocycles. The molecule has 0 aliphatic carbocycles. The van der Waals surface area contributed by atoms with Gasteiger partial charge in [-0.3, -0.25) is 9.50 Å². The Morgan fingerprint density at radius 1 is 1.19 bits per heavy atom. The van der Waals surface area contributed by atoms with E-state index in [-0.39, 0.29) is 5.56 Å². The summed E-state index contributed by atoms with van der Waals surface area (Å²) < 4.78 is 21.7. The van der Waals surface area contributed by atoms with Gasteiger partial charge in [0.1, 0.15) is 11.5 Å². The summed E-state index contributed by atoms with van der Waals surface area (Å²) in [5, 5.41) is 8.37. The van der Waals surface area contributed by atoms with Gasteiger partial charge >= 0.3 is 0 Å². The van der Waals surface area contributed by atoms with E-state index >= 15 is 0 Å². The maximum Gasteiger partial charge on any atom is 0.213 e. The van der Waals surface area contributed by atoms with Crippen molar-refractivity contribution in [2.24, 2.45) is 5.41 Å². The van der Waals surface area contributed by atoms with Gasteiger partial charge in [-0.15, -0.1) is 0 Å². The minimum absolute atomic E-state index is 0.257. The Morgan fingerprint density at radius 2 is 2.06 bits per heavy atom. The standard InChI is InChI=1S/C23H20ClFN6O/c24-16-3-1-15(17(25)13-16)2-4-18-19-20(29-28-18)27-22(31-11-8-26-21(19)31)30-9-5-23(6-10-30)7-12-32-14-23/h1,3,8,11,13H,5-7,9-10,12,14H2,(H,28,29). The number of anilines is 1. The highest BCUT2D eigenvalue weighted by molar-refractivity contribution is 6.30. The van der Waals surface area contributed by atoms with E-state index in [0.717, 1.165) is 62.5 Å². The molecule has 1 N–H and O–H groups in total. The van der Waals surface area contributed by atoms with E-state index in [9.17, 15) is 4.39 Å². The zero-order chi connectivity index (χ0) is 21.7. The summed E-state index contributed by atoms with van der Waals surface area (Å²) in [5.41, 5.74) is 2.40. The van der Waals surface area contributed by atoms with Gasteiger partial charge in [0, 0.05) is 37.1 Å². The van der Waals surface area contributed by atoms with Crippen LogP contribution in [0.15, 0.2) is 30.6 Å². The summed E-state index contributed by atoms with van der Waals surface area (Å²) in [6, 6.07) is 4.41. The Hall–Kier alpha value is -3.15. The normalized spacial score (nSPS) is 17.9. The van der Waals surface area contributed by atoms with Crippen LogP contribution in [0.1, 0.15) is 30.5 Å². The number of piperidine rings is 1. The number of fused-ring (bicyclic) bond motifs is 3. The van der Waals surface area contributed by atoms with Gasteiger partial charge in [-0.25, -0.2) is 9.37 Å². The third-order valence-electron chi connectivity index (χ3n) is 6.58. The average molecular weight is 451 g/mol. The van der Waals surface area contributed by atoms with Crippen molar-refractivity contribution in [2.75, 3.05) is 31.2 Å². The third kappa shape index (κ3) is 3.20. The topological polar surface area (TPSA) is 71.3 Å². The molecule has 6 rings (SSSR count). The molecule has 0 amide bonds. The highest BCUT2D eigenvalue weighted by atomic mass is 35.5. The lowest BCUT2D eigenvalue weighted by molar-refractivity contribution is 0.133. The molecule has 9 heteroatoms. The summed E-state index contributed by atoms with van der Waals surface area (Å²) in [6.07, 6.45) is 6.98.